The average Bonchev–Trinajstić information content (AvgIpc) is 2.48. The van der Waals surface area contributed by atoms with Crippen LogP contribution in [-0.4, -0.2) is 13.2 Å². The first kappa shape index (κ1) is 15.5. The Labute approximate surface area is 130 Å². The van der Waals surface area contributed by atoms with Gasteiger partial charge < -0.3 is 14.8 Å². The summed E-state index contributed by atoms with van der Waals surface area (Å²) in [6.07, 6.45) is 0.112. The fraction of sp³-hybridized carbons (Fsp3) is 0.294. The van der Waals surface area contributed by atoms with Gasteiger partial charge in [-0.15, -0.1) is 0 Å². The van der Waals surface area contributed by atoms with E-state index >= 15 is 0 Å². The monoisotopic (exact) mass is 305 g/mol. The van der Waals surface area contributed by atoms with Crippen LogP contribution in [0.3, 0.4) is 0 Å². The van der Waals surface area contributed by atoms with Crippen LogP contribution in [0.25, 0.3) is 0 Å². The second kappa shape index (κ2) is 7.23. The number of ether oxygens (including phenoxy) is 2. The lowest BCUT2D eigenvalue weighted by Crippen LogP contribution is -2.06. The Morgan fingerprint density at radius 2 is 1.81 bits per heavy atom. The number of anilines is 1. The van der Waals surface area contributed by atoms with Gasteiger partial charge in [0.2, 0.25) is 0 Å². The van der Waals surface area contributed by atoms with Crippen molar-refractivity contribution in [3.8, 4) is 11.5 Å². The molecule has 0 aliphatic heterocycles. The minimum absolute atomic E-state index is 0.112. The molecule has 0 saturated carbocycles. The third kappa shape index (κ3) is 4.57. The van der Waals surface area contributed by atoms with Gasteiger partial charge in [0.1, 0.15) is 11.5 Å². The smallest absolute Gasteiger partial charge is 0.138 e. The Morgan fingerprint density at radius 1 is 1.10 bits per heavy atom. The molecule has 0 heterocycles. The SMILES string of the molecule is COc1ccc(CNc2ccc(OC(C)C)c(Cl)c2)cc1. The van der Waals surface area contributed by atoms with E-state index in [1.165, 1.54) is 5.56 Å². The minimum atomic E-state index is 0.112. The highest BCUT2D eigenvalue weighted by atomic mass is 35.5. The number of hydrogen-bond donors (Lipinski definition) is 1. The van der Waals surface area contributed by atoms with Gasteiger partial charge >= 0.3 is 0 Å². The van der Waals surface area contributed by atoms with Crippen molar-refractivity contribution in [3.05, 3.63) is 53.1 Å². The van der Waals surface area contributed by atoms with Crippen molar-refractivity contribution in [1.82, 2.24) is 0 Å². The van der Waals surface area contributed by atoms with Crippen LogP contribution in [0, 0.1) is 0 Å². The van der Waals surface area contributed by atoms with E-state index in [0.717, 1.165) is 18.0 Å². The molecule has 2 aromatic rings. The molecule has 112 valence electrons. The highest BCUT2D eigenvalue weighted by molar-refractivity contribution is 6.32. The van der Waals surface area contributed by atoms with Crippen LogP contribution >= 0.6 is 11.6 Å². The molecule has 0 amide bonds. The molecular weight excluding hydrogens is 286 g/mol. The van der Waals surface area contributed by atoms with E-state index < -0.39 is 0 Å². The molecule has 0 aromatic heterocycles. The van der Waals surface area contributed by atoms with Gasteiger partial charge in [0.15, 0.2) is 0 Å². The molecule has 0 saturated heterocycles. The summed E-state index contributed by atoms with van der Waals surface area (Å²) in [5.41, 5.74) is 2.14. The van der Waals surface area contributed by atoms with E-state index in [0.29, 0.717) is 10.8 Å². The lowest BCUT2D eigenvalue weighted by molar-refractivity contribution is 0.242. The van der Waals surface area contributed by atoms with Crippen LogP contribution in [0.4, 0.5) is 5.69 Å². The maximum atomic E-state index is 6.21. The van der Waals surface area contributed by atoms with Gasteiger partial charge in [-0.25, -0.2) is 0 Å². The fourth-order valence-electron chi connectivity index (χ4n) is 1.91. The second-order valence-corrected chi connectivity index (χ2v) is 5.42. The number of nitrogens with one attached hydrogen (secondary N) is 1. The Kier molecular flexibility index (Phi) is 5.34. The molecule has 0 unspecified atom stereocenters. The Morgan fingerprint density at radius 3 is 2.38 bits per heavy atom. The first-order valence-electron chi connectivity index (χ1n) is 6.91. The molecule has 1 N–H and O–H groups in total. The standard InChI is InChI=1S/C17H20ClNO2/c1-12(2)21-17-9-6-14(10-16(17)18)19-11-13-4-7-15(20-3)8-5-13/h4-10,12,19H,11H2,1-3H3. The fourth-order valence-corrected chi connectivity index (χ4v) is 2.13. The Bertz CT molecular complexity index is 582. The predicted molar refractivity (Wildman–Crippen MR) is 87.5 cm³/mol. The zero-order valence-corrected chi connectivity index (χ0v) is 13.3. The van der Waals surface area contributed by atoms with E-state index in [1.54, 1.807) is 7.11 Å². The highest BCUT2D eigenvalue weighted by Gasteiger charge is 2.05. The van der Waals surface area contributed by atoms with Gasteiger partial charge in [0, 0.05) is 12.2 Å². The summed E-state index contributed by atoms with van der Waals surface area (Å²) in [5.74, 6) is 1.57. The zero-order chi connectivity index (χ0) is 15.2. The molecule has 4 heteroatoms. The summed E-state index contributed by atoms with van der Waals surface area (Å²) in [4.78, 5) is 0. The number of hydrogen-bond acceptors (Lipinski definition) is 3. The Hall–Kier alpha value is -1.87. The summed E-state index contributed by atoms with van der Waals surface area (Å²) in [6, 6.07) is 13.7. The number of benzene rings is 2. The van der Waals surface area contributed by atoms with Gasteiger partial charge in [0.25, 0.3) is 0 Å². The lowest BCUT2D eigenvalue weighted by Gasteiger charge is -2.13. The van der Waals surface area contributed by atoms with Crippen LogP contribution in [0.1, 0.15) is 19.4 Å². The van der Waals surface area contributed by atoms with Crippen LogP contribution in [0.5, 0.6) is 11.5 Å². The third-order valence-electron chi connectivity index (χ3n) is 2.95. The van der Waals surface area contributed by atoms with Crippen LogP contribution in [0.15, 0.2) is 42.5 Å². The molecule has 0 bridgehead atoms. The molecule has 0 radical (unpaired) electrons. The minimum Gasteiger partial charge on any atom is -0.497 e. The molecule has 0 fully saturated rings. The summed E-state index contributed by atoms with van der Waals surface area (Å²) < 4.78 is 10.8. The molecule has 2 aromatic carbocycles. The molecule has 0 aliphatic rings. The molecule has 0 aliphatic carbocycles. The van der Waals surface area contributed by atoms with Crippen molar-refractivity contribution in [2.45, 2.75) is 26.5 Å². The first-order valence-corrected chi connectivity index (χ1v) is 7.29. The maximum absolute atomic E-state index is 6.21. The second-order valence-electron chi connectivity index (χ2n) is 5.01. The first-order chi connectivity index (χ1) is 10.1. The van der Waals surface area contributed by atoms with Gasteiger partial charge in [0.05, 0.1) is 18.2 Å². The van der Waals surface area contributed by atoms with E-state index in [1.807, 2.05) is 56.3 Å². The van der Waals surface area contributed by atoms with E-state index in [4.69, 9.17) is 21.1 Å². The summed E-state index contributed by atoms with van der Waals surface area (Å²) in [5, 5.41) is 3.95. The highest BCUT2D eigenvalue weighted by Crippen LogP contribution is 2.28. The largest absolute Gasteiger partial charge is 0.497 e. The summed E-state index contributed by atoms with van der Waals surface area (Å²) in [6.45, 7) is 4.68. The van der Waals surface area contributed by atoms with Crippen molar-refractivity contribution in [3.63, 3.8) is 0 Å². The van der Waals surface area contributed by atoms with Crippen molar-refractivity contribution >= 4 is 17.3 Å². The van der Waals surface area contributed by atoms with Crippen molar-refractivity contribution in [2.24, 2.45) is 0 Å². The molecule has 0 atom stereocenters. The van der Waals surface area contributed by atoms with Crippen LogP contribution in [0.2, 0.25) is 5.02 Å². The lowest BCUT2D eigenvalue weighted by atomic mass is 10.2. The maximum Gasteiger partial charge on any atom is 0.138 e. The molecule has 2 rings (SSSR count). The van der Waals surface area contributed by atoms with Gasteiger partial charge in [-0.3, -0.25) is 0 Å². The molecule has 0 spiro atoms. The quantitative estimate of drug-likeness (QED) is 0.835. The van der Waals surface area contributed by atoms with Gasteiger partial charge in [-0.1, -0.05) is 23.7 Å². The molecule has 21 heavy (non-hydrogen) atoms. The molecule has 3 nitrogen and oxygen atoms in total. The Balaban J connectivity index is 1.98. The van der Waals surface area contributed by atoms with E-state index in [-0.39, 0.29) is 6.10 Å². The topological polar surface area (TPSA) is 30.5 Å². The van der Waals surface area contributed by atoms with Crippen molar-refractivity contribution in [2.75, 3.05) is 12.4 Å². The number of methoxy groups -OCH3 is 1. The van der Waals surface area contributed by atoms with Crippen LogP contribution in [-0.2, 0) is 6.54 Å². The summed E-state index contributed by atoms with van der Waals surface area (Å²) >= 11 is 6.21. The number of halogens is 1. The van der Waals surface area contributed by atoms with Crippen molar-refractivity contribution in [1.29, 1.82) is 0 Å². The average molecular weight is 306 g/mol. The molecular formula is C17H20ClNO2. The normalized spacial score (nSPS) is 10.5. The summed E-state index contributed by atoms with van der Waals surface area (Å²) in [7, 11) is 1.66. The van der Waals surface area contributed by atoms with Crippen molar-refractivity contribution < 1.29 is 9.47 Å². The van der Waals surface area contributed by atoms with Crippen LogP contribution < -0.4 is 14.8 Å². The predicted octanol–water partition coefficient (Wildman–Crippen LogP) is 4.75. The van der Waals surface area contributed by atoms with E-state index in [9.17, 15) is 0 Å². The van der Waals surface area contributed by atoms with E-state index in [2.05, 4.69) is 5.32 Å². The van der Waals surface area contributed by atoms with Gasteiger partial charge in [-0.2, -0.15) is 0 Å². The zero-order valence-electron chi connectivity index (χ0n) is 12.5. The third-order valence-corrected chi connectivity index (χ3v) is 3.25. The number of rotatable bonds is 6. The van der Waals surface area contributed by atoms with Gasteiger partial charge in [-0.05, 0) is 49.7 Å².